The standard InChI is InChI=1S/C17H20FN3O/c1-13(22)21-7-3-6-20(8-9-21)12-15-11-16(18)10-14-4-2-5-19-17(14)15/h2,4-5,10-11H,3,6-9,12H2,1H3. The normalized spacial score (nSPS) is 16.7. The average Bonchev–Trinajstić information content (AvgIpc) is 2.73. The first kappa shape index (κ1) is 14.9. The van der Waals surface area contributed by atoms with Crippen molar-refractivity contribution in [2.45, 2.75) is 19.9 Å². The molecular weight excluding hydrogens is 281 g/mol. The second-order valence-electron chi connectivity index (χ2n) is 5.78. The largest absolute Gasteiger partial charge is 0.342 e. The molecule has 3 rings (SSSR count). The summed E-state index contributed by atoms with van der Waals surface area (Å²) in [4.78, 5) is 20.0. The van der Waals surface area contributed by atoms with Crippen molar-refractivity contribution < 1.29 is 9.18 Å². The predicted molar refractivity (Wildman–Crippen MR) is 83.8 cm³/mol. The summed E-state index contributed by atoms with van der Waals surface area (Å²) in [6.45, 7) is 5.53. The molecule has 2 aromatic rings. The molecule has 1 aromatic heterocycles. The zero-order chi connectivity index (χ0) is 15.5. The molecule has 2 heterocycles. The van der Waals surface area contributed by atoms with Gasteiger partial charge in [0.15, 0.2) is 0 Å². The molecule has 1 saturated heterocycles. The minimum absolute atomic E-state index is 0.125. The highest BCUT2D eigenvalue weighted by Gasteiger charge is 2.17. The Balaban J connectivity index is 1.80. The number of fused-ring (bicyclic) bond motifs is 1. The highest BCUT2D eigenvalue weighted by atomic mass is 19.1. The number of benzene rings is 1. The third-order valence-corrected chi connectivity index (χ3v) is 4.18. The van der Waals surface area contributed by atoms with Crippen molar-refractivity contribution in [1.82, 2.24) is 14.8 Å². The van der Waals surface area contributed by atoms with Gasteiger partial charge in [-0.2, -0.15) is 0 Å². The van der Waals surface area contributed by atoms with E-state index in [9.17, 15) is 9.18 Å². The Kier molecular flexibility index (Phi) is 4.34. The fourth-order valence-electron chi connectivity index (χ4n) is 3.03. The summed E-state index contributed by atoms with van der Waals surface area (Å²) in [5.41, 5.74) is 1.77. The monoisotopic (exact) mass is 301 g/mol. The molecule has 1 fully saturated rings. The van der Waals surface area contributed by atoms with Crippen molar-refractivity contribution in [3.8, 4) is 0 Å². The zero-order valence-electron chi connectivity index (χ0n) is 12.8. The van der Waals surface area contributed by atoms with Crippen LogP contribution < -0.4 is 0 Å². The van der Waals surface area contributed by atoms with E-state index in [1.165, 1.54) is 6.07 Å². The fraction of sp³-hybridized carbons (Fsp3) is 0.412. The predicted octanol–water partition coefficient (Wildman–Crippen LogP) is 2.43. The molecular formula is C17H20FN3O. The first-order chi connectivity index (χ1) is 10.6. The molecule has 22 heavy (non-hydrogen) atoms. The number of aromatic nitrogens is 1. The first-order valence-corrected chi connectivity index (χ1v) is 7.64. The van der Waals surface area contributed by atoms with E-state index in [0.29, 0.717) is 6.54 Å². The Hall–Kier alpha value is -2.01. The van der Waals surface area contributed by atoms with Crippen LogP contribution in [-0.4, -0.2) is 46.9 Å². The number of nitrogens with zero attached hydrogens (tertiary/aromatic N) is 3. The van der Waals surface area contributed by atoms with Crippen molar-refractivity contribution >= 4 is 16.8 Å². The molecule has 1 aliphatic rings. The molecule has 1 aromatic carbocycles. The minimum Gasteiger partial charge on any atom is -0.342 e. The lowest BCUT2D eigenvalue weighted by Crippen LogP contribution is -2.33. The molecule has 0 bridgehead atoms. The lowest BCUT2D eigenvalue weighted by molar-refractivity contribution is -0.128. The molecule has 116 valence electrons. The Morgan fingerprint density at radius 2 is 2.14 bits per heavy atom. The summed E-state index contributed by atoms with van der Waals surface area (Å²) in [6, 6.07) is 6.80. The summed E-state index contributed by atoms with van der Waals surface area (Å²) < 4.78 is 13.8. The van der Waals surface area contributed by atoms with E-state index >= 15 is 0 Å². The van der Waals surface area contributed by atoms with Crippen LogP contribution >= 0.6 is 0 Å². The summed E-state index contributed by atoms with van der Waals surface area (Å²) in [7, 11) is 0. The van der Waals surface area contributed by atoms with Crippen molar-refractivity contribution in [3.63, 3.8) is 0 Å². The molecule has 1 aliphatic heterocycles. The Bertz CT molecular complexity index is 689. The molecule has 0 radical (unpaired) electrons. The molecule has 0 saturated carbocycles. The van der Waals surface area contributed by atoms with Crippen molar-refractivity contribution in [1.29, 1.82) is 0 Å². The smallest absolute Gasteiger partial charge is 0.219 e. The van der Waals surface area contributed by atoms with Gasteiger partial charge in [-0.25, -0.2) is 4.39 Å². The van der Waals surface area contributed by atoms with Crippen LogP contribution in [-0.2, 0) is 11.3 Å². The Morgan fingerprint density at radius 3 is 2.95 bits per heavy atom. The molecule has 4 nitrogen and oxygen atoms in total. The van der Waals surface area contributed by atoms with E-state index in [0.717, 1.165) is 49.1 Å². The maximum atomic E-state index is 13.8. The van der Waals surface area contributed by atoms with Crippen LogP contribution in [0.1, 0.15) is 18.9 Å². The average molecular weight is 301 g/mol. The minimum atomic E-state index is -0.226. The van der Waals surface area contributed by atoms with Crippen LogP contribution in [0.2, 0.25) is 0 Å². The molecule has 5 heteroatoms. The maximum Gasteiger partial charge on any atom is 0.219 e. The lowest BCUT2D eigenvalue weighted by Gasteiger charge is -2.21. The van der Waals surface area contributed by atoms with Crippen LogP contribution in [0.5, 0.6) is 0 Å². The van der Waals surface area contributed by atoms with E-state index in [2.05, 4.69) is 9.88 Å². The maximum absolute atomic E-state index is 13.8. The van der Waals surface area contributed by atoms with E-state index in [4.69, 9.17) is 0 Å². The molecule has 0 unspecified atom stereocenters. The summed E-state index contributed by atoms with van der Waals surface area (Å²) in [5.74, 6) is -0.101. The van der Waals surface area contributed by atoms with E-state index in [1.807, 2.05) is 17.0 Å². The van der Waals surface area contributed by atoms with Crippen molar-refractivity contribution in [2.24, 2.45) is 0 Å². The van der Waals surface area contributed by atoms with Gasteiger partial charge in [0.1, 0.15) is 5.82 Å². The second kappa shape index (κ2) is 6.40. The third-order valence-electron chi connectivity index (χ3n) is 4.18. The number of rotatable bonds is 2. The van der Waals surface area contributed by atoms with Gasteiger partial charge in [-0.3, -0.25) is 14.7 Å². The second-order valence-corrected chi connectivity index (χ2v) is 5.78. The van der Waals surface area contributed by atoms with Gasteiger partial charge < -0.3 is 4.90 Å². The molecule has 1 amide bonds. The van der Waals surface area contributed by atoms with Gasteiger partial charge in [0.2, 0.25) is 5.91 Å². The number of hydrogen-bond donors (Lipinski definition) is 0. The lowest BCUT2D eigenvalue weighted by atomic mass is 10.1. The van der Waals surface area contributed by atoms with Crippen LogP contribution in [0.4, 0.5) is 4.39 Å². The van der Waals surface area contributed by atoms with Crippen LogP contribution in [0.3, 0.4) is 0 Å². The summed E-state index contributed by atoms with van der Waals surface area (Å²) >= 11 is 0. The van der Waals surface area contributed by atoms with Gasteiger partial charge in [-0.05, 0) is 30.2 Å². The quantitative estimate of drug-likeness (QED) is 0.855. The van der Waals surface area contributed by atoms with E-state index in [1.54, 1.807) is 19.2 Å². The molecule has 0 aliphatic carbocycles. The number of hydrogen-bond acceptors (Lipinski definition) is 3. The number of pyridine rings is 1. The number of amides is 1. The Morgan fingerprint density at radius 1 is 1.27 bits per heavy atom. The summed E-state index contributed by atoms with van der Waals surface area (Å²) in [6.07, 6.45) is 2.68. The highest BCUT2D eigenvalue weighted by molar-refractivity contribution is 5.81. The fourth-order valence-corrected chi connectivity index (χ4v) is 3.03. The van der Waals surface area contributed by atoms with Gasteiger partial charge >= 0.3 is 0 Å². The molecule has 0 atom stereocenters. The Labute approximate surface area is 129 Å². The topological polar surface area (TPSA) is 36.4 Å². The molecule has 0 N–H and O–H groups in total. The molecule has 0 spiro atoms. The van der Waals surface area contributed by atoms with E-state index < -0.39 is 0 Å². The highest BCUT2D eigenvalue weighted by Crippen LogP contribution is 2.20. The van der Waals surface area contributed by atoms with Crippen molar-refractivity contribution in [2.75, 3.05) is 26.2 Å². The van der Waals surface area contributed by atoms with E-state index in [-0.39, 0.29) is 11.7 Å². The summed E-state index contributed by atoms with van der Waals surface area (Å²) in [5, 5.41) is 0.831. The number of halogens is 1. The van der Waals surface area contributed by atoms with Gasteiger partial charge in [0.25, 0.3) is 0 Å². The van der Waals surface area contributed by atoms with Gasteiger partial charge in [-0.15, -0.1) is 0 Å². The third kappa shape index (κ3) is 3.25. The zero-order valence-corrected chi connectivity index (χ0v) is 12.8. The SMILES string of the molecule is CC(=O)N1CCCN(Cc2cc(F)cc3cccnc23)CC1. The van der Waals surface area contributed by atoms with Crippen LogP contribution in [0, 0.1) is 5.82 Å². The van der Waals surface area contributed by atoms with Gasteiger partial charge in [0.05, 0.1) is 5.52 Å². The van der Waals surface area contributed by atoms with Gasteiger partial charge in [-0.1, -0.05) is 6.07 Å². The van der Waals surface area contributed by atoms with Gasteiger partial charge in [0, 0.05) is 51.2 Å². The number of carbonyl (C=O) groups excluding carboxylic acids is 1. The number of carbonyl (C=O) groups is 1. The van der Waals surface area contributed by atoms with Crippen LogP contribution in [0.25, 0.3) is 10.9 Å². The first-order valence-electron chi connectivity index (χ1n) is 7.64. The van der Waals surface area contributed by atoms with Crippen LogP contribution in [0.15, 0.2) is 30.5 Å². The van der Waals surface area contributed by atoms with Crippen molar-refractivity contribution in [3.05, 3.63) is 41.8 Å².